The number of non-ortho nitro benzene ring substituents is 1. The minimum Gasteiger partial charge on any atom is -0.431 e. The van der Waals surface area contributed by atoms with Crippen LogP contribution in [0.15, 0.2) is 48.8 Å². The average Bonchev–Trinajstić information content (AvgIpc) is 2.28. The van der Waals surface area contributed by atoms with Crippen molar-refractivity contribution in [2.75, 3.05) is 0 Å². The van der Waals surface area contributed by atoms with Crippen LogP contribution in [0.1, 0.15) is 17.3 Å². The summed E-state index contributed by atoms with van der Waals surface area (Å²) in [6.45, 7) is 5.36. The summed E-state index contributed by atoms with van der Waals surface area (Å²) in [6.07, 6.45) is 2.77. The predicted octanol–water partition coefficient (Wildman–Crippen LogP) is 2.84. The maximum atomic E-state index is 11.4. The number of nitrogens with zero attached hydrogens (tertiary/aromatic N) is 1. The van der Waals surface area contributed by atoms with E-state index in [1.54, 1.807) is 13.0 Å². The zero-order chi connectivity index (χ0) is 12.8. The van der Waals surface area contributed by atoms with Gasteiger partial charge >= 0.3 is 5.97 Å². The molecule has 0 aliphatic rings. The highest BCUT2D eigenvalue weighted by molar-refractivity contribution is 5.90. The number of hydrogen-bond donors (Lipinski definition) is 0. The molecule has 0 bridgehead atoms. The zero-order valence-corrected chi connectivity index (χ0v) is 9.25. The Morgan fingerprint density at radius 3 is 2.47 bits per heavy atom. The Hall–Kier alpha value is -2.43. The molecule has 0 heterocycles. The van der Waals surface area contributed by atoms with Gasteiger partial charge in [0.1, 0.15) is 0 Å². The molecule has 1 rings (SSSR count). The highest BCUT2D eigenvalue weighted by atomic mass is 16.6. The van der Waals surface area contributed by atoms with Crippen LogP contribution in [0.25, 0.3) is 0 Å². The quantitative estimate of drug-likeness (QED) is 0.263. The topological polar surface area (TPSA) is 69.4 Å². The van der Waals surface area contributed by atoms with Gasteiger partial charge in [-0.2, -0.15) is 0 Å². The molecule has 0 aromatic heterocycles. The van der Waals surface area contributed by atoms with Crippen molar-refractivity contribution in [1.29, 1.82) is 0 Å². The Bertz CT molecular complexity index is 474. The molecule has 5 nitrogen and oxygen atoms in total. The Morgan fingerprint density at radius 1 is 1.41 bits per heavy atom. The summed E-state index contributed by atoms with van der Waals surface area (Å²) in [7, 11) is 0. The van der Waals surface area contributed by atoms with Crippen LogP contribution in [0.2, 0.25) is 0 Å². The Morgan fingerprint density at radius 2 is 2.00 bits per heavy atom. The lowest BCUT2D eigenvalue weighted by Crippen LogP contribution is -2.00. The van der Waals surface area contributed by atoms with Gasteiger partial charge in [-0.3, -0.25) is 10.1 Å². The lowest BCUT2D eigenvalue weighted by molar-refractivity contribution is -0.384. The second-order valence-corrected chi connectivity index (χ2v) is 3.36. The number of ether oxygens (including phenoxy) is 1. The van der Waals surface area contributed by atoms with Crippen LogP contribution in [0.3, 0.4) is 0 Å². The zero-order valence-electron chi connectivity index (χ0n) is 9.25. The number of allylic oxidation sites excluding steroid dienone is 2. The van der Waals surface area contributed by atoms with E-state index in [2.05, 4.69) is 6.58 Å². The molecule has 0 aliphatic heterocycles. The Kier molecular flexibility index (Phi) is 4.16. The fourth-order valence-electron chi connectivity index (χ4n) is 0.999. The maximum absolute atomic E-state index is 11.4. The first kappa shape index (κ1) is 12.6. The molecule has 0 saturated heterocycles. The summed E-state index contributed by atoms with van der Waals surface area (Å²) in [5, 5.41) is 10.4. The van der Waals surface area contributed by atoms with Crippen LogP contribution < -0.4 is 0 Å². The van der Waals surface area contributed by atoms with E-state index in [-0.39, 0.29) is 11.3 Å². The smallest absolute Gasteiger partial charge is 0.342 e. The van der Waals surface area contributed by atoms with E-state index < -0.39 is 10.9 Å². The lowest BCUT2D eigenvalue weighted by atomic mass is 10.2. The summed E-state index contributed by atoms with van der Waals surface area (Å²) in [4.78, 5) is 21.3. The van der Waals surface area contributed by atoms with Crippen molar-refractivity contribution in [3.8, 4) is 0 Å². The Labute approximate surface area is 98.2 Å². The average molecular weight is 233 g/mol. The molecular weight excluding hydrogens is 222 g/mol. The van der Waals surface area contributed by atoms with Crippen molar-refractivity contribution in [3.63, 3.8) is 0 Å². The molecule has 0 aliphatic carbocycles. The first-order chi connectivity index (χ1) is 8.00. The fourth-order valence-corrected chi connectivity index (χ4v) is 0.999. The Balaban J connectivity index is 2.70. The van der Waals surface area contributed by atoms with E-state index in [9.17, 15) is 14.9 Å². The molecule has 1 aromatic rings. The summed E-state index contributed by atoms with van der Waals surface area (Å²) in [5.74, 6) is -0.572. The van der Waals surface area contributed by atoms with E-state index in [1.165, 1.54) is 30.5 Å². The molecule has 0 atom stereocenters. The molecule has 0 fully saturated rings. The SMILES string of the molecule is C=C(C)/C=C\OC(=O)c1ccc([N+](=O)[O-])cc1. The number of nitro benzene ring substituents is 1. The van der Waals surface area contributed by atoms with Crippen molar-refractivity contribution < 1.29 is 14.5 Å². The van der Waals surface area contributed by atoms with Gasteiger partial charge in [-0.15, -0.1) is 0 Å². The summed E-state index contributed by atoms with van der Waals surface area (Å²) >= 11 is 0. The van der Waals surface area contributed by atoms with E-state index in [0.29, 0.717) is 0 Å². The van der Waals surface area contributed by atoms with Crippen molar-refractivity contribution in [2.45, 2.75) is 6.92 Å². The fraction of sp³-hybridized carbons (Fsp3) is 0.0833. The minimum atomic E-state index is -0.572. The van der Waals surface area contributed by atoms with Gasteiger partial charge in [0.05, 0.1) is 16.7 Å². The van der Waals surface area contributed by atoms with Gasteiger partial charge in [0, 0.05) is 12.1 Å². The standard InChI is InChI=1S/C12H11NO4/c1-9(2)7-8-17-12(14)10-3-5-11(6-4-10)13(15)16/h3-8H,1H2,2H3/b8-7-. The van der Waals surface area contributed by atoms with Crippen molar-refractivity contribution in [2.24, 2.45) is 0 Å². The van der Waals surface area contributed by atoms with E-state index in [4.69, 9.17) is 4.74 Å². The van der Waals surface area contributed by atoms with E-state index in [1.807, 2.05) is 0 Å². The normalized spacial score (nSPS) is 10.2. The number of esters is 1. The molecule has 17 heavy (non-hydrogen) atoms. The summed E-state index contributed by atoms with van der Waals surface area (Å²) < 4.78 is 4.79. The molecule has 0 saturated carbocycles. The maximum Gasteiger partial charge on any atom is 0.342 e. The molecule has 0 N–H and O–H groups in total. The second-order valence-electron chi connectivity index (χ2n) is 3.36. The van der Waals surface area contributed by atoms with Gasteiger partial charge in [-0.25, -0.2) is 4.79 Å². The van der Waals surface area contributed by atoms with Crippen LogP contribution in [-0.2, 0) is 4.74 Å². The third-order valence-corrected chi connectivity index (χ3v) is 1.84. The van der Waals surface area contributed by atoms with E-state index in [0.717, 1.165) is 5.57 Å². The van der Waals surface area contributed by atoms with Gasteiger partial charge in [0.15, 0.2) is 0 Å². The van der Waals surface area contributed by atoms with Gasteiger partial charge in [-0.1, -0.05) is 12.2 Å². The molecule has 1 aromatic carbocycles. The first-order valence-electron chi connectivity index (χ1n) is 4.78. The first-order valence-corrected chi connectivity index (χ1v) is 4.78. The lowest BCUT2D eigenvalue weighted by Gasteiger charge is -1.98. The van der Waals surface area contributed by atoms with Gasteiger partial charge in [0.25, 0.3) is 5.69 Å². The third kappa shape index (κ3) is 3.90. The predicted molar refractivity (Wildman–Crippen MR) is 62.5 cm³/mol. The number of hydrogen-bond acceptors (Lipinski definition) is 4. The molecule has 0 amide bonds. The van der Waals surface area contributed by atoms with Crippen molar-refractivity contribution >= 4 is 11.7 Å². The van der Waals surface area contributed by atoms with Crippen molar-refractivity contribution in [1.82, 2.24) is 0 Å². The van der Waals surface area contributed by atoms with Crippen LogP contribution in [-0.4, -0.2) is 10.9 Å². The molecule has 0 spiro atoms. The van der Waals surface area contributed by atoms with Crippen LogP contribution in [0.4, 0.5) is 5.69 Å². The highest BCUT2D eigenvalue weighted by Crippen LogP contribution is 2.12. The van der Waals surface area contributed by atoms with Crippen molar-refractivity contribution in [3.05, 3.63) is 64.4 Å². The minimum absolute atomic E-state index is 0.0703. The third-order valence-electron chi connectivity index (χ3n) is 1.84. The molecule has 0 unspecified atom stereocenters. The number of nitro groups is 1. The van der Waals surface area contributed by atoms with Gasteiger partial charge in [0.2, 0.25) is 0 Å². The monoisotopic (exact) mass is 233 g/mol. The molecule has 0 radical (unpaired) electrons. The second kappa shape index (κ2) is 5.60. The van der Waals surface area contributed by atoms with Gasteiger partial charge in [-0.05, 0) is 25.1 Å². The molecular formula is C12H11NO4. The van der Waals surface area contributed by atoms with Gasteiger partial charge < -0.3 is 4.74 Å². The largest absolute Gasteiger partial charge is 0.431 e. The number of rotatable bonds is 4. The molecule has 5 heteroatoms. The number of benzene rings is 1. The summed E-state index contributed by atoms with van der Waals surface area (Å²) in [6, 6.07) is 5.18. The van der Waals surface area contributed by atoms with Crippen LogP contribution in [0.5, 0.6) is 0 Å². The van der Waals surface area contributed by atoms with E-state index >= 15 is 0 Å². The number of carbonyl (C=O) groups excluding carboxylic acids is 1. The van der Waals surface area contributed by atoms with Crippen LogP contribution >= 0.6 is 0 Å². The molecule has 88 valence electrons. The van der Waals surface area contributed by atoms with Crippen LogP contribution in [0, 0.1) is 10.1 Å². The number of carbonyl (C=O) groups is 1. The highest BCUT2D eigenvalue weighted by Gasteiger charge is 2.09. The summed E-state index contributed by atoms with van der Waals surface area (Å²) in [5.41, 5.74) is 0.933.